The normalized spacial score (nSPS) is 12.1. The van der Waals surface area contributed by atoms with Gasteiger partial charge in [-0.05, 0) is 24.6 Å². The molecule has 0 radical (unpaired) electrons. The maximum Gasteiger partial charge on any atom is 0.262 e. The van der Waals surface area contributed by atoms with Crippen molar-refractivity contribution in [3.8, 4) is 21.8 Å². The number of thiazole rings is 1. The Morgan fingerprint density at radius 3 is 2.57 bits per heavy atom. The van der Waals surface area contributed by atoms with E-state index in [9.17, 15) is 4.79 Å². The summed E-state index contributed by atoms with van der Waals surface area (Å²) in [6, 6.07) is 15.2. The molecule has 7 heteroatoms. The summed E-state index contributed by atoms with van der Waals surface area (Å²) in [5, 5.41) is 2.70. The second-order valence-corrected chi connectivity index (χ2v) is 7.62. The van der Waals surface area contributed by atoms with Crippen LogP contribution in [0.2, 0.25) is 0 Å². The van der Waals surface area contributed by atoms with E-state index in [-0.39, 0.29) is 5.56 Å². The average Bonchev–Trinajstić information content (AvgIpc) is 3.28. The summed E-state index contributed by atoms with van der Waals surface area (Å²) in [6.07, 6.45) is 3.48. The molecule has 0 spiro atoms. The number of ether oxygens (including phenoxy) is 1. The fraction of sp³-hybridized carbons (Fsp3) is 0.174. The molecule has 1 unspecified atom stereocenters. The Balaban J connectivity index is 1.87. The quantitative estimate of drug-likeness (QED) is 0.503. The van der Waals surface area contributed by atoms with Crippen molar-refractivity contribution in [2.24, 2.45) is 0 Å². The number of nitrogens with zero attached hydrogens (tertiary/aromatic N) is 3. The number of nitrogens with two attached hydrogens (primary N) is 1. The van der Waals surface area contributed by atoms with Crippen LogP contribution in [0.15, 0.2) is 71.1 Å². The molecule has 0 saturated heterocycles. The lowest BCUT2D eigenvalue weighted by Crippen LogP contribution is -2.31. The molecule has 3 aromatic heterocycles. The van der Waals surface area contributed by atoms with Gasteiger partial charge in [0, 0.05) is 41.7 Å². The molecular formula is C23H22N4O2S. The van der Waals surface area contributed by atoms with E-state index >= 15 is 0 Å². The minimum absolute atomic E-state index is 0.177. The van der Waals surface area contributed by atoms with E-state index in [4.69, 9.17) is 10.5 Å². The third-order valence-electron chi connectivity index (χ3n) is 4.96. The standard InChI is InChI=1S/C23H22N4O2S/c1-3-20-18(24)13-17(19-14-30-21(26-19)15-9-11-25-12-10-15)22(28)27(20)23(29-2)16-7-5-4-6-8-16/h4-14,23H,3,24H2,1-2H3. The molecule has 152 valence electrons. The van der Waals surface area contributed by atoms with Gasteiger partial charge in [-0.3, -0.25) is 14.3 Å². The van der Waals surface area contributed by atoms with Crippen molar-refractivity contribution in [1.82, 2.24) is 14.5 Å². The molecule has 0 aliphatic carbocycles. The van der Waals surface area contributed by atoms with Crippen LogP contribution in [0.3, 0.4) is 0 Å². The molecule has 1 aromatic carbocycles. The Bertz CT molecular complexity index is 1200. The van der Waals surface area contributed by atoms with Crippen molar-refractivity contribution in [3.05, 3.63) is 87.9 Å². The number of benzene rings is 1. The Labute approximate surface area is 178 Å². The average molecular weight is 419 g/mol. The molecule has 0 saturated carbocycles. The van der Waals surface area contributed by atoms with Crippen molar-refractivity contribution < 1.29 is 4.74 Å². The smallest absolute Gasteiger partial charge is 0.262 e. The molecule has 0 aliphatic heterocycles. The van der Waals surface area contributed by atoms with Gasteiger partial charge in [0.2, 0.25) is 0 Å². The summed E-state index contributed by atoms with van der Waals surface area (Å²) in [7, 11) is 1.59. The molecule has 4 rings (SSSR count). The largest absolute Gasteiger partial charge is 0.397 e. The number of rotatable bonds is 6. The summed E-state index contributed by atoms with van der Waals surface area (Å²) in [5.41, 5.74) is 10.4. The summed E-state index contributed by atoms with van der Waals surface area (Å²) >= 11 is 1.48. The van der Waals surface area contributed by atoms with Crippen LogP contribution < -0.4 is 11.3 Å². The van der Waals surface area contributed by atoms with Gasteiger partial charge < -0.3 is 10.5 Å². The van der Waals surface area contributed by atoms with Crippen molar-refractivity contribution >= 4 is 17.0 Å². The van der Waals surface area contributed by atoms with Crippen molar-refractivity contribution in [1.29, 1.82) is 0 Å². The lowest BCUT2D eigenvalue weighted by molar-refractivity contribution is 0.0736. The highest BCUT2D eigenvalue weighted by Crippen LogP contribution is 2.30. The van der Waals surface area contributed by atoms with E-state index in [2.05, 4.69) is 9.97 Å². The van der Waals surface area contributed by atoms with Gasteiger partial charge >= 0.3 is 0 Å². The highest BCUT2D eigenvalue weighted by Gasteiger charge is 2.22. The van der Waals surface area contributed by atoms with Crippen LogP contribution in [0.25, 0.3) is 21.8 Å². The zero-order chi connectivity index (χ0) is 21.1. The summed E-state index contributed by atoms with van der Waals surface area (Å²) in [4.78, 5) is 22.3. The van der Waals surface area contributed by atoms with E-state index in [1.807, 2.05) is 54.8 Å². The molecule has 0 aliphatic rings. The molecule has 30 heavy (non-hydrogen) atoms. The number of hydrogen-bond donors (Lipinski definition) is 1. The van der Waals surface area contributed by atoms with Crippen LogP contribution in [-0.2, 0) is 11.2 Å². The van der Waals surface area contributed by atoms with E-state index in [0.29, 0.717) is 23.4 Å². The molecule has 1 atom stereocenters. The van der Waals surface area contributed by atoms with Gasteiger partial charge in [-0.25, -0.2) is 4.98 Å². The maximum absolute atomic E-state index is 13.6. The molecule has 0 fully saturated rings. The van der Waals surface area contributed by atoms with E-state index in [0.717, 1.165) is 21.8 Å². The first kappa shape index (κ1) is 20.0. The van der Waals surface area contributed by atoms with Crippen LogP contribution in [0, 0.1) is 0 Å². The second kappa shape index (κ2) is 8.61. The lowest BCUT2D eigenvalue weighted by atomic mass is 10.1. The minimum atomic E-state index is -0.575. The molecule has 0 amide bonds. The topological polar surface area (TPSA) is 83.0 Å². The molecule has 0 bridgehead atoms. The predicted molar refractivity (Wildman–Crippen MR) is 120 cm³/mol. The number of aromatic nitrogens is 3. The monoisotopic (exact) mass is 418 g/mol. The number of nitrogen functional groups attached to an aromatic ring is 1. The van der Waals surface area contributed by atoms with Gasteiger partial charge in [0.05, 0.1) is 16.9 Å². The summed E-state index contributed by atoms with van der Waals surface area (Å²) in [6.45, 7) is 1.98. The van der Waals surface area contributed by atoms with E-state index in [1.165, 1.54) is 11.3 Å². The van der Waals surface area contributed by atoms with Crippen molar-refractivity contribution in [2.45, 2.75) is 19.6 Å². The van der Waals surface area contributed by atoms with Gasteiger partial charge in [0.15, 0.2) is 6.23 Å². The van der Waals surface area contributed by atoms with Crippen molar-refractivity contribution in [3.63, 3.8) is 0 Å². The van der Waals surface area contributed by atoms with Gasteiger partial charge in [0.25, 0.3) is 5.56 Å². The number of anilines is 1. The minimum Gasteiger partial charge on any atom is -0.397 e. The van der Waals surface area contributed by atoms with Gasteiger partial charge in [-0.1, -0.05) is 37.3 Å². The van der Waals surface area contributed by atoms with Gasteiger partial charge in [-0.2, -0.15) is 0 Å². The molecular weight excluding hydrogens is 396 g/mol. The molecule has 6 nitrogen and oxygen atoms in total. The molecule has 3 heterocycles. The van der Waals surface area contributed by atoms with Crippen LogP contribution in [0.5, 0.6) is 0 Å². The van der Waals surface area contributed by atoms with Crippen LogP contribution in [-0.4, -0.2) is 21.6 Å². The fourth-order valence-corrected chi connectivity index (χ4v) is 4.36. The highest BCUT2D eigenvalue weighted by molar-refractivity contribution is 7.13. The van der Waals surface area contributed by atoms with Gasteiger partial charge in [0.1, 0.15) is 5.01 Å². The Morgan fingerprint density at radius 2 is 1.90 bits per heavy atom. The predicted octanol–water partition coefficient (Wildman–Crippen LogP) is 4.37. The zero-order valence-corrected chi connectivity index (χ0v) is 17.6. The SMILES string of the molecule is CCc1c(N)cc(-c2csc(-c3ccncc3)n2)c(=O)n1C(OC)c1ccccc1. The fourth-order valence-electron chi connectivity index (χ4n) is 3.53. The molecule has 2 N–H and O–H groups in total. The van der Waals surface area contributed by atoms with Crippen molar-refractivity contribution in [2.75, 3.05) is 12.8 Å². The second-order valence-electron chi connectivity index (χ2n) is 6.76. The van der Waals surface area contributed by atoms with E-state index < -0.39 is 6.23 Å². The molecule has 4 aromatic rings. The lowest BCUT2D eigenvalue weighted by Gasteiger charge is -2.24. The number of methoxy groups -OCH3 is 1. The summed E-state index contributed by atoms with van der Waals surface area (Å²) < 4.78 is 7.39. The first-order chi connectivity index (χ1) is 14.6. The van der Waals surface area contributed by atoms with Crippen LogP contribution in [0.1, 0.15) is 24.4 Å². The maximum atomic E-state index is 13.6. The third-order valence-corrected chi connectivity index (χ3v) is 5.85. The highest BCUT2D eigenvalue weighted by atomic mass is 32.1. The Hall–Kier alpha value is -3.29. The third kappa shape index (κ3) is 3.65. The zero-order valence-electron chi connectivity index (χ0n) is 16.8. The number of hydrogen-bond acceptors (Lipinski definition) is 6. The first-order valence-corrected chi connectivity index (χ1v) is 10.5. The van der Waals surface area contributed by atoms with Gasteiger partial charge in [-0.15, -0.1) is 11.3 Å². The number of pyridine rings is 2. The van der Waals surface area contributed by atoms with Crippen LogP contribution in [0.4, 0.5) is 5.69 Å². The van der Waals surface area contributed by atoms with Crippen LogP contribution >= 0.6 is 11.3 Å². The first-order valence-electron chi connectivity index (χ1n) is 9.62. The Morgan fingerprint density at radius 1 is 1.17 bits per heavy atom. The van der Waals surface area contributed by atoms with E-state index in [1.54, 1.807) is 30.1 Å². The Kier molecular flexibility index (Phi) is 5.74. The summed E-state index contributed by atoms with van der Waals surface area (Å²) in [5.74, 6) is 0.